The number of carbonyl (C=O) groups is 2. The second-order valence-electron chi connectivity index (χ2n) is 8.48. The first kappa shape index (κ1) is 27.5. The SMILES string of the molecule is CCCNC(=O)[C@@H](Cc1ccccc1)N(Cc1ccc(F)cc1)C(=O)COc1cc(OC)cc(OC)c1. The van der Waals surface area contributed by atoms with Crippen LogP contribution < -0.4 is 19.5 Å². The van der Waals surface area contributed by atoms with Crippen LogP contribution in [0.3, 0.4) is 0 Å². The molecule has 0 aliphatic rings. The molecule has 1 N–H and O–H groups in total. The van der Waals surface area contributed by atoms with E-state index in [9.17, 15) is 14.0 Å². The van der Waals surface area contributed by atoms with E-state index in [0.29, 0.717) is 35.8 Å². The molecule has 8 heteroatoms. The zero-order valence-corrected chi connectivity index (χ0v) is 21.4. The Morgan fingerprint density at radius 3 is 2.11 bits per heavy atom. The number of rotatable bonds is 13. The second kappa shape index (κ2) is 13.9. The van der Waals surface area contributed by atoms with Crippen molar-refractivity contribution in [2.24, 2.45) is 0 Å². The first-order chi connectivity index (χ1) is 17.9. The number of ether oxygens (including phenoxy) is 3. The molecule has 0 heterocycles. The lowest BCUT2D eigenvalue weighted by Gasteiger charge is -2.31. The predicted octanol–water partition coefficient (Wildman–Crippen LogP) is 4.39. The Morgan fingerprint density at radius 2 is 1.51 bits per heavy atom. The summed E-state index contributed by atoms with van der Waals surface area (Å²) in [7, 11) is 3.05. The molecule has 0 saturated heterocycles. The molecule has 0 aliphatic carbocycles. The maximum Gasteiger partial charge on any atom is 0.261 e. The van der Waals surface area contributed by atoms with Gasteiger partial charge in [-0.3, -0.25) is 9.59 Å². The molecule has 196 valence electrons. The zero-order chi connectivity index (χ0) is 26.6. The average Bonchev–Trinajstić information content (AvgIpc) is 2.93. The van der Waals surface area contributed by atoms with Crippen LogP contribution in [0.1, 0.15) is 24.5 Å². The number of benzene rings is 3. The van der Waals surface area contributed by atoms with Crippen LogP contribution in [0, 0.1) is 5.82 Å². The first-order valence-corrected chi connectivity index (χ1v) is 12.1. The van der Waals surface area contributed by atoms with E-state index in [1.54, 1.807) is 30.3 Å². The van der Waals surface area contributed by atoms with Crippen LogP contribution in [-0.4, -0.2) is 50.1 Å². The molecule has 3 rings (SSSR count). The van der Waals surface area contributed by atoms with Crippen molar-refractivity contribution in [3.63, 3.8) is 0 Å². The molecule has 0 fully saturated rings. The van der Waals surface area contributed by atoms with Crippen LogP contribution >= 0.6 is 0 Å². The molecule has 0 aliphatic heterocycles. The van der Waals surface area contributed by atoms with E-state index < -0.39 is 11.9 Å². The summed E-state index contributed by atoms with van der Waals surface area (Å²) >= 11 is 0. The minimum absolute atomic E-state index is 0.112. The fourth-order valence-electron chi connectivity index (χ4n) is 3.80. The van der Waals surface area contributed by atoms with E-state index in [-0.39, 0.29) is 24.9 Å². The topological polar surface area (TPSA) is 77.1 Å². The highest BCUT2D eigenvalue weighted by Gasteiger charge is 2.30. The van der Waals surface area contributed by atoms with Crippen molar-refractivity contribution < 1.29 is 28.2 Å². The number of amides is 2. The fourth-order valence-corrected chi connectivity index (χ4v) is 3.80. The molecule has 0 aromatic heterocycles. The van der Waals surface area contributed by atoms with Crippen LogP contribution in [0.5, 0.6) is 17.2 Å². The molecular weight excluding hydrogens is 475 g/mol. The molecule has 1 atom stereocenters. The number of carbonyl (C=O) groups excluding carboxylic acids is 2. The molecule has 0 saturated carbocycles. The van der Waals surface area contributed by atoms with Crippen molar-refractivity contribution in [3.05, 3.63) is 89.7 Å². The molecule has 37 heavy (non-hydrogen) atoms. The lowest BCUT2D eigenvalue weighted by atomic mass is 10.0. The lowest BCUT2D eigenvalue weighted by molar-refractivity contribution is -0.142. The minimum Gasteiger partial charge on any atom is -0.496 e. The molecule has 0 spiro atoms. The van der Waals surface area contributed by atoms with Gasteiger partial charge in [0, 0.05) is 37.7 Å². The van der Waals surface area contributed by atoms with E-state index in [0.717, 1.165) is 12.0 Å². The van der Waals surface area contributed by atoms with Gasteiger partial charge in [-0.1, -0.05) is 49.4 Å². The van der Waals surface area contributed by atoms with Gasteiger partial charge in [-0.15, -0.1) is 0 Å². The third-order valence-corrected chi connectivity index (χ3v) is 5.77. The Bertz CT molecular complexity index is 1130. The molecule has 3 aromatic carbocycles. The highest BCUT2D eigenvalue weighted by atomic mass is 19.1. The van der Waals surface area contributed by atoms with Gasteiger partial charge in [0.1, 0.15) is 29.1 Å². The maximum atomic E-state index is 13.6. The van der Waals surface area contributed by atoms with E-state index in [2.05, 4.69) is 5.32 Å². The molecule has 0 unspecified atom stereocenters. The number of hydrogen-bond donors (Lipinski definition) is 1. The van der Waals surface area contributed by atoms with E-state index in [1.807, 2.05) is 37.3 Å². The molecule has 7 nitrogen and oxygen atoms in total. The summed E-state index contributed by atoms with van der Waals surface area (Å²) in [6, 6.07) is 19.6. The summed E-state index contributed by atoms with van der Waals surface area (Å²) in [5.41, 5.74) is 1.61. The second-order valence-corrected chi connectivity index (χ2v) is 8.48. The summed E-state index contributed by atoms with van der Waals surface area (Å²) in [6.07, 6.45) is 1.08. The van der Waals surface area contributed by atoms with Crippen LogP contribution in [0.2, 0.25) is 0 Å². The minimum atomic E-state index is -0.796. The van der Waals surface area contributed by atoms with Gasteiger partial charge in [-0.25, -0.2) is 4.39 Å². The van der Waals surface area contributed by atoms with E-state index in [4.69, 9.17) is 14.2 Å². The number of hydrogen-bond acceptors (Lipinski definition) is 5. The smallest absolute Gasteiger partial charge is 0.261 e. The van der Waals surface area contributed by atoms with Gasteiger partial charge in [0.05, 0.1) is 14.2 Å². The first-order valence-electron chi connectivity index (χ1n) is 12.1. The van der Waals surface area contributed by atoms with Gasteiger partial charge in [-0.2, -0.15) is 0 Å². The van der Waals surface area contributed by atoms with Crippen LogP contribution in [-0.2, 0) is 22.6 Å². The molecule has 0 bridgehead atoms. The van der Waals surface area contributed by atoms with Crippen molar-refractivity contribution >= 4 is 11.8 Å². The van der Waals surface area contributed by atoms with E-state index in [1.165, 1.54) is 31.3 Å². The van der Waals surface area contributed by atoms with Crippen molar-refractivity contribution in [1.29, 1.82) is 0 Å². The lowest BCUT2D eigenvalue weighted by Crippen LogP contribution is -2.51. The molecule has 3 aromatic rings. The van der Waals surface area contributed by atoms with Gasteiger partial charge in [0.15, 0.2) is 6.61 Å². The van der Waals surface area contributed by atoms with Gasteiger partial charge in [0.25, 0.3) is 5.91 Å². The third-order valence-electron chi connectivity index (χ3n) is 5.77. The summed E-state index contributed by atoms with van der Waals surface area (Å²) in [6.45, 7) is 2.25. The Labute approximate surface area is 217 Å². The predicted molar refractivity (Wildman–Crippen MR) is 139 cm³/mol. The van der Waals surface area contributed by atoms with Crippen LogP contribution in [0.25, 0.3) is 0 Å². The number of nitrogens with one attached hydrogen (secondary N) is 1. The van der Waals surface area contributed by atoms with Gasteiger partial charge < -0.3 is 24.4 Å². The molecular formula is C29H33FN2O5. The van der Waals surface area contributed by atoms with Crippen molar-refractivity contribution in [1.82, 2.24) is 10.2 Å². The Morgan fingerprint density at radius 1 is 0.892 bits per heavy atom. The Kier molecular flexibility index (Phi) is 10.3. The fraction of sp³-hybridized carbons (Fsp3) is 0.310. The van der Waals surface area contributed by atoms with Crippen LogP contribution in [0.4, 0.5) is 4.39 Å². The monoisotopic (exact) mass is 508 g/mol. The Balaban J connectivity index is 1.90. The largest absolute Gasteiger partial charge is 0.496 e. The summed E-state index contributed by atoms with van der Waals surface area (Å²) in [4.78, 5) is 28.4. The van der Waals surface area contributed by atoms with E-state index >= 15 is 0 Å². The standard InChI is InChI=1S/C29H33FN2O5/c1-4-14-31-29(34)27(15-21-8-6-5-7-9-21)32(19-22-10-12-23(30)13-11-22)28(33)20-37-26-17-24(35-2)16-25(18-26)36-3/h5-13,16-18,27H,4,14-15,19-20H2,1-3H3,(H,31,34)/t27-/m1/s1. The normalized spacial score (nSPS) is 11.4. The third kappa shape index (κ3) is 8.24. The maximum absolute atomic E-state index is 13.6. The Hall–Kier alpha value is -4.07. The zero-order valence-electron chi connectivity index (χ0n) is 21.4. The van der Waals surface area contributed by atoms with Crippen molar-refractivity contribution in [2.45, 2.75) is 32.4 Å². The summed E-state index contributed by atoms with van der Waals surface area (Å²) in [5, 5.41) is 2.92. The molecule has 0 radical (unpaired) electrons. The van der Waals surface area contributed by atoms with Crippen LogP contribution in [0.15, 0.2) is 72.8 Å². The highest BCUT2D eigenvalue weighted by Crippen LogP contribution is 2.27. The number of methoxy groups -OCH3 is 2. The molecule has 2 amide bonds. The van der Waals surface area contributed by atoms with Gasteiger partial charge in [-0.05, 0) is 29.7 Å². The number of halogens is 1. The van der Waals surface area contributed by atoms with Crippen molar-refractivity contribution in [3.8, 4) is 17.2 Å². The highest BCUT2D eigenvalue weighted by molar-refractivity contribution is 5.88. The summed E-state index contributed by atoms with van der Waals surface area (Å²) < 4.78 is 29.9. The van der Waals surface area contributed by atoms with Gasteiger partial charge in [0.2, 0.25) is 5.91 Å². The van der Waals surface area contributed by atoms with Gasteiger partial charge >= 0.3 is 0 Å². The average molecular weight is 509 g/mol. The quantitative estimate of drug-likeness (QED) is 0.371. The van der Waals surface area contributed by atoms with Crippen molar-refractivity contribution in [2.75, 3.05) is 27.4 Å². The number of nitrogens with zero attached hydrogens (tertiary/aromatic N) is 1. The summed E-state index contributed by atoms with van der Waals surface area (Å²) in [5.74, 6) is 0.402.